The molecule has 110 valence electrons. The highest BCUT2D eigenvalue weighted by molar-refractivity contribution is 5.94. The molecule has 5 nitrogen and oxygen atoms in total. The number of fused-ring (bicyclic) bond motifs is 2. The van der Waals surface area contributed by atoms with Crippen LogP contribution in [0.25, 0.3) is 10.8 Å². The van der Waals surface area contributed by atoms with Gasteiger partial charge >= 0.3 is 0 Å². The fourth-order valence-corrected chi connectivity index (χ4v) is 2.99. The lowest BCUT2D eigenvalue weighted by Crippen LogP contribution is -2.48. The number of hydrogen-bond acceptors (Lipinski definition) is 5. The number of benzene rings is 1. The van der Waals surface area contributed by atoms with E-state index in [0.29, 0.717) is 13.2 Å². The number of aliphatic hydroxyl groups is 1. The van der Waals surface area contributed by atoms with Crippen LogP contribution in [0.2, 0.25) is 0 Å². The predicted molar refractivity (Wildman–Crippen MR) is 80.0 cm³/mol. The van der Waals surface area contributed by atoms with Crippen LogP contribution in [0.3, 0.4) is 0 Å². The average Bonchev–Trinajstić information content (AvgIpc) is 2.49. The Morgan fingerprint density at radius 1 is 1.19 bits per heavy atom. The molecule has 1 aliphatic carbocycles. The van der Waals surface area contributed by atoms with E-state index in [1.54, 1.807) is 6.20 Å². The van der Waals surface area contributed by atoms with Crippen LogP contribution in [0, 0.1) is 0 Å². The lowest BCUT2D eigenvalue weighted by molar-refractivity contribution is 0.144. The molecule has 4 rings (SSSR count). The molecule has 21 heavy (non-hydrogen) atoms. The maximum absolute atomic E-state index is 9.63. The van der Waals surface area contributed by atoms with E-state index in [9.17, 15) is 5.11 Å². The normalized spacial score (nSPS) is 19.1. The Kier molecular flexibility index (Phi) is 2.89. The Hall–Kier alpha value is -2.01. The molecule has 0 bridgehead atoms. The summed E-state index contributed by atoms with van der Waals surface area (Å²) in [6, 6.07) is 5.93. The standard InChI is InChI=1S/C16H18N2O3/c19-10-16(3-1-4-16)18-15-12-9-14-13(20-6-7-21-14)8-11(12)2-5-17-15/h2,5,8-9,19H,1,3-4,6-7,10H2,(H,17,18). The monoisotopic (exact) mass is 286 g/mol. The summed E-state index contributed by atoms with van der Waals surface area (Å²) in [6.07, 6.45) is 4.88. The third-order valence-electron chi connectivity index (χ3n) is 4.42. The Morgan fingerprint density at radius 2 is 1.95 bits per heavy atom. The van der Waals surface area contributed by atoms with Crippen LogP contribution in [-0.2, 0) is 0 Å². The summed E-state index contributed by atoms with van der Waals surface area (Å²) in [5.74, 6) is 2.35. The zero-order chi connectivity index (χ0) is 14.3. The van der Waals surface area contributed by atoms with Crippen LogP contribution < -0.4 is 14.8 Å². The van der Waals surface area contributed by atoms with Gasteiger partial charge in [0.1, 0.15) is 19.0 Å². The Balaban J connectivity index is 1.78. The van der Waals surface area contributed by atoms with E-state index in [0.717, 1.165) is 47.4 Å². The van der Waals surface area contributed by atoms with Crippen molar-refractivity contribution in [1.29, 1.82) is 0 Å². The van der Waals surface area contributed by atoms with E-state index < -0.39 is 0 Å². The number of nitrogens with zero attached hydrogens (tertiary/aromatic N) is 1. The summed E-state index contributed by atoms with van der Waals surface area (Å²) in [7, 11) is 0. The molecule has 1 aliphatic heterocycles. The van der Waals surface area contributed by atoms with E-state index in [1.165, 1.54) is 0 Å². The summed E-state index contributed by atoms with van der Waals surface area (Å²) in [5.41, 5.74) is -0.214. The molecule has 0 atom stereocenters. The zero-order valence-electron chi connectivity index (χ0n) is 11.8. The molecule has 1 aromatic heterocycles. The van der Waals surface area contributed by atoms with Crippen molar-refractivity contribution in [2.75, 3.05) is 25.1 Å². The van der Waals surface area contributed by atoms with E-state index in [1.807, 2.05) is 18.2 Å². The van der Waals surface area contributed by atoms with Gasteiger partial charge in [0.2, 0.25) is 0 Å². The Bertz CT molecular complexity index is 677. The lowest BCUT2D eigenvalue weighted by Gasteiger charge is -2.41. The van der Waals surface area contributed by atoms with Crippen LogP contribution in [-0.4, -0.2) is 35.5 Å². The quantitative estimate of drug-likeness (QED) is 0.906. The first-order chi connectivity index (χ1) is 10.3. The molecule has 2 aliphatic rings. The molecule has 1 aromatic carbocycles. The Labute approximate surface area is 122 Å². The molecular formula is C16H18N2O3. The highest BCUT2D eigenvalue weighted by Crippen LogP contribution is 2.39. The molecule has 0 spiro atoms. The molecule has 0 amide bonds. The predicted octanol–water partition coefficient (Wildman–Crippen LogP) is 2.33. The summed E-state index contributed by atoms with van der Waals surface area (Å²) in [4.78, 5) is 4.45. The van der Waals surface area contributed by atoms with E-state index in [2.05, 4.69) is 10.3 Å². The van der Waals surface area contributed by atoms with E-state index in [-0.39, 0.29) is 12.1 Å². The number of pyridine rings is 1. The van der Waals surface area contributed by atoms with Crippen LogP contribution >= 0.6 is 0 Å². The van der Waals surface area contributed by atoms with Crippen LogP contribution in [0.1, 0.15) is 19.3 Å². The largest absolute Gasteiger partial charge is 0.486 e. The number of ether oxygens (including phenoxy) is 2. The van der Waals surface area contributed by atoms with Crippen molar-refractivity contribution in [1.82, 2.24) is 4.98 Å². The number of aliphatic hydroxyl groups excluding tert-OH is 1. The van der Waals surface area contributed by atoms with E-state index >= 15 is 0 Å². The van der Waals surface area contributed by atoms with Gasteiger partial charge in [-0.25, -0.2) is 4.98 Å². The van der Waals surface area contributed by atoms with Crippen molar-refractivity contribution in [2.24, 2.45) is 0 Å². The molecule has 5 heteroatoms. The first-order valence-corrected chi connectivity index (χ1v) is 7.37. The SMILES string of the molecule is OCC1(Nc2nccc3cc4c(cc23)OCCO4)CCC1. The number of hydrogen-bond donors (Lipinski definition) is 2. The maximum atomic E-state index is 9.63. The molecule has 0 saturated heterocycles. The minimum atomic E-state index is -0.214. The average molecular weight is 286 g/mol. The molecular weight excluding hydrogens is 268 g/mol. The van der Waals surface area contributed by atoms with E-state index in [4.69, 9.17) is 9.47 Å². The number of aromatic nitrogens is 1. The fourth-order valence-electron chi connectivity index (χ4n) is 2.99. The van der Waals surface area contributed by atoms with Crippen molar-refractivity contribution >= 4 is 16.6 Å². The smallest absolute Gasteiger partial charge is 0.162 e. The number of rotatable bonds is 3. The van der Waals surface area contributed by atoms with Gasteiger partial charge in [-0.2, -0.15) is 0 Å². The van der Waals surface area contributed by atoms with Gasteiger partial charge in [-0.1, -0.05) is 0 Å². The fraction of sp³-hybridized carbons (Fsp3) is 0.438. The maximum Gasteiger partial charge on any atom is 0.162 e. The second-order valence-electron chi connectivity index (χ2n) is 5.79. The Morgan fingerprint density at radius 3 is 2.62 bits per heavy atom. The minimum Gasteiger partial charge on any atom is -0.486 e. The summed E-state index contributed by atoms with van der Waals surface area (Å²) >= 11 is 0. The summed E-state index contributed by atoms with van der Waals surface area (Å²) in [6.45, 7) is 1.29. The van der Waals surface area contributed by atoms with Gasteiger partial charge in [-0.15, -0.1) is 0 Å². The molecule has 2 N–H and O–H groups in total. The first-order valence-electron chi connectivity index (χ1n) is 7.37. The molecule has 0 unspecified atom stereocenters. The molecule has 0 radical (unpaired) electrons. The van der Waals surface area contributed by atoms with Crippen LogP contribution in [0.5, 0.6) is 11.5 Å². The topological polar surface area (TPSA) is 63.6 Å². The highest BCUT2D eigenvalue weighted by atomic mass is 16.6. The van der Waals surface area contributed by atoms with Gasteiger partial charge in [0.25, 0.3) is 0 Å². The van der Waals surface area contributed by atoms with Crippen molar-refractivity contribution in [3.8, 4) is 11.5 Å². The summed E-state index contributed by atoms with van der Waals surface area (Å²) < 4.78 is 11.3. The molecule has 2 heterocycles. The molecule has 1 saturated carbocycles. The van der Waals surface area contributed by atoms with Gasteiger partial charge < -0.3 is 19.9 Å². The second kappa shape index (κ2) is 4.77. The lowest BCUT2D eigenvalue weighted by atomic mass is 9.77. The molecule has 2 aromatic rings. The zero-order valence-corrected chi connectivity index (χ0v) is 11.8. The third-order valence-corrected chi connectivity index (χ3v) is 4.42. The minimum absolute atomic E-state index is 0.135. The van der Waals surface area contributed by atoms with Crippen molar-refractivity contribution in [3.63, 3.8) is 0 Å². The summed E-state index contributed by atoms with van der Waals surface area (Å²) in [5, 5.41) is 15.1. The van der Waals surface area contributed by atoms with Crippen molar-refractivity contribution in [3.05, 3.63) is 24.4 Å². The third kappa shape index (κ3) is 2.08. The van der Waals surface area contributed by atoms with Gasteiger partial charge in [0.05, 0.1) is 12.1 Å². The molecule has 1 fully saturated rings. The number of anilines is 1. The first kappa shape index (κ1) is 12.7. The second-order valence-corrected chi connectivity index (χ2v) is 5.79. The van der Waals surface area contributed by atoms with Gasteiger partial charge in [0.15, 0.2) is 11.5 Å². The van der Waals surface area contributed by atoms with Crippen LogP contribution in [0.15, 0.2) is 24.4 Å². The van der Waals surface area contributed by atoms with Crippen LogP contribution in [0.4, 0.5) is 5.82 Å². The number of nitrogens with one attached hydrogen (secondary N) is 1. The van der Waals surface area contributed by atoms with Gasteiger partial charge in [0, 0.05) is 11.6 Å². The van der Waals surface area contributed by atoms with Crippen molar-refractivity contribution < 1.29 is 14.6 Å². The van der Waals surface area contributed by atoms with Crippen molar-refractivity contribution in [2.45, 2.75) is 24.8 Å². The van der Waals surface area contributed by atoms with Gasteiger partial charge in [-0.3, -0.25) is 0 Å². The van der Waals surface area contributed by atoms with Gasteiger partial charge in [-0.05, 0) is 42.8 Å². The highest BCUT2D eigenvalue weighted by Gasteiger charge is 2.36.